The van der Waals surface area contributed by atoms with E-state index in [0.29, 0.717) is 0 Å². The Morgan fingerprint density at radius 2 is 2.23 bits per heavy atom. The molecule has 0 rings (SSSR count). The maximum absolute atomic E-state index is 10.4. The molecule has 0 saturated carbocycles. The monoisotopic (exact) mass is 180 g/mol. The number of carboxylic acid groups (broad SMARTS) is 1. The molecular weight excluding hydrogens is 164 g/mol. The predicted molar refractivity (Wildman–Crippen MR) is 54.5 cm³/mol. The van der Waals surface area contributed by atoms with Crippen molar-refractivity contribution in [2.75, 3.05) is 0 Å². The van der Waals surface area contributed by atoms with Crippen molar-refractivity contribution >= 4 is 5.97 Å². The van der Waals surface area contributed by atoms with Gasteiger partial charge >= 0.3 is 5.97 Å². The summed E-state index contributed by atoms with van der Waals surface area (Å²) in [6, 6.07) is 0. The number of allylic oxidation sites excluding steroid dienone is 5. The van der Waals surface area contributed by atoms with Gasteiger partial charge in [-0.3, -0.25) is 4.79 Å². The summed E-state index contributed by atoms with van der Waals surface area (Å²) < 4.78 is 0. The number of aliphatic carboxylic acids is 1. The van der Waals surface area contributed by atoms with Gasteiger partial charge < -0.3 is 5.11 Å². The van der Waals surface area contributed by atoms with E-state index in [1.165, 1.54) is 0 Å². The first-order valence-corrected chi connectivity index (χ1v) is 4.29. The Kier molecular flexibility index (Phi) is 5.60. The van der Waals surface area contributed by atoms with Crippen LogP contribution in [0, 0.1) is 5.92 Å². The van der Waals surface area contributed by atoms with Gasteiger partial charge in [0.25, 0.3) is 0 Å². The molecule has 0 fully saturated rings. The van der Waals surface area contributed by atoms with Crippen molar-refractivity contribution in [3.63, 3.8) is 0 Å². The molecule has 0 bridgehead atoms. The summed E-state index contributed by atoms with van der Waals surface area (Å²) in [6.07, 6.45) is 7.48. The van der Waals surface area contributed by atoms with Gasteiger partial charge in [-0.1, -0.05) is 37.8 Å². The summed E-state index contributed by atoms with van der Waals surface area (Å²) in [5.41, 5.74) is 1.000. The van der Waals surface area contributed by atoms with Crippen LogP contribution < -0.4 is 0 Å². The van der Waals surface area contributed by atoms with E-state index >= 15 is 0 Å². The highest BCUT2D eigenvalue weighted by atomic mass is 16.4. The third-order valence-electron chi connectivity index (χ3n) is 1.72. The van der Waals surface area contributed by atoms with Crippen LogP contribution in [0.25, 0.3) is 0 Å². The molecule has 0 saturated heterocycles. The summed E-state index contributed by atoms with van der Waals surface area (Å²) in [4.78, 5) is 10.4. The minimum atomic E-state index is -0.771. The van der Waals surface area contributed by atoms with Crippen molar-refractivity contribution in [2.24, 2.45) is 5.92 Å². The summed E-state index contributed by atoms with van der Waals surface area (Å²) in [7, 11) is 0. The molecule has 0 aromatic carbocycles. The van der Waals surface area contributed by atoms with Crippen molar-refractivity contribution in [1.29, 1.82) is 0 Å². The predicted octanol–water partition coefficient (Wildman–Crippen LogP) is 2.79. The fourth-order valence-corrected chi connectivity index (χ4v) is 1.09. The number of hydrogen-bond donors (Lipinski definition) is 1. The molecule has 1 atom stereocenters. The van der Waals surface area contributed by atoms with Gasteiger partial charge in [-0.25, -0.2) is 0 Å². The quantitative estimate of drug-likeness (QED) is 0.660. The highest BCUT2D eigenvalue weighted by Crippen LogP contribution is 2.16. The Labute approximate surface area is 79.3 Å². The van der Waals surface area contributed by atoms with Crippen LogP contribution in [0.5, 0.6) is 0 Å². The largest absolute Gasteiger partial charge is 0.481 e. The van der Waals surface area contributed by atoms with E-state index in [9.17, 15) is 4.79 Å². The molecule has 0 unspecified atom stereocenters. The second kappa shape index (κ2) is 6.23. The average Bonchev–Trinajstić information content (AvgIpc) is 2.02. The van der Waals surface area contributed by atoms with Crippen molar-refractivity contribution in [3.8, 4) is 0 Å². The summed E-state index contributed by atoms with van der Waals surface area (Å²) >= 11 is 0. The second-order valence-electron chi connectivity index (χ2n) is 2.90. The molecule has 0 aliphatic carbocycles. The van der Waals surface area contributed by atoms with Crippen molar-refractivity contribution in [3.05, 3.63) is 36.5 Å². The molecule has 2 heteroatoms. The molecule has 2 nitrogen and oxygen atoms in total. The SMILES string of the molecule is C=C/C=C(\C=C/C)[C@@H](C)CC(=O)O. The van der Waals surface area contributed by atoms with E-state index in [1.54, 1.807) is 6.08 Å². The topological polar surface area (TPSA) is 37.3 Å². The number of carboxylic acids is 1. The first kappa shape index (κ1) is 11.7. The van der Waals surface area contributed by atoms with Gasteiger partial charge in [0.1, 0.15) is 0 Å². The molecule has 0 heterocycles. The molecular formula is C11H16O2. The molecule has 13 heavy (non-hydrogen) atoms. The lowest BCUT2D eigenvalue weighted by Crippen LogP contribution is -2.05. The smallest absolute Gasteiger partial charge is 0.303 e. The van der Waals surface area contributed by atoms with Crippen LogP contribution in [0.15, 0.2) is 36.5 Å². The third-order valence-corrected chi connectivity index (χ3v) is 1.72. The molecule has 0 aromatic rings. The third kappa shape index (κ3) is 5.01. The summed E-state index contributed by atoms with van der Waals surface area (Å²) in [6.45, 7) is 7.39. The lowest BCUT2D eigenvalue weighted by atomic mass is 9.97. The van der Waals surface area contributed by atoms with Gasteiger partial charge in [0.2, 0.25) is 0 Å². The zero-order valence-corrected chi connectivity index (χ0v) is 8.16. The van der Waals surface area contributed by atoms with Crippen molar-refractivity contribution < 1.29 is 9.90 Å². The highest BCUT2D eigenvalue weighted by Gasteiger charge is 2.09. The molecule has 72 valence electrons. The van der Waals surface area contributed by atoms with Crippen LogP contribution in [0.3, 0.4) is 0 Å². The molecule has 0 aliphatic rings. The minimum Gasteiger partial charge on any atom is -0.481 e. The Morgan fingerprint density at radius 1 is 1.62 bits per heavy atom. The first-order chi connectivity index (χ1) is 6.11. The first-order valence-electron chi connectivity index (χ1n) is 4.29. The molecule has 1 N–H and O–H groups in total. The number of hydrogen-bond acceptors (Lipinski definition) is 1. The van der Waals surface area contributed by atoms with E-state index in [4.69, 9.17) is 5.11 Å². The van der Waals surface area contributed by atoms with Crippen LogP contribution in [-0.2, 0) is 4.79 Å². The second-order valence-corrected chi connectivity index (χ2v) is 2.90. The normalized spacial score (nSPS) is 14.5. The molecule has 0 radical (unpaired) electrons. The Bertz CT molecular complexity index is 236. The van der Waals surface area contributed by atoms with Crippen molar-refractivity contribution in [2.45, 2.75) is 20.3 Å². The van der Waals surface area contributed by atoms with Crippen LogP contribution in [-0.4, -0.2) is 11.1 Å². The van der Waals surface area contributed by atoms with Gasteiger partial charge in [-0.05, 0) is 18.4 Å². The lowest BCUT2D eigenvalue weighted by molar-refractivity contribution is -0.137. The fourth-order valence-electron chi connectivity index (χ4n) is 1.09. The van der Waals surface area contributed by atoms with Crippen LogP contribution in [0.2, 0.25) is 0 Å². The highest BCUT2D eigenvalue weighted by molar-refractivity contribution is 5.67. The summed E-state index contributed by atoms with van der Waals surface area (Å²) in [5, 5.41) is 8.59. The molecule has 0 aliphatic heterocycles. The van der Waals surface area contributed by atoms with Crippen molar-refractivity contribution in [1.82, 2.24) is 0 Å². The molecule has 0 amide bonds. The zero-order valence-electron chi connectivity index (χ0n) is 8.16. The Balaban J connectivity index is 4.45. The zero-order chi connectivity index (χ0) is 10.3. The van der Waals surface area contributed by atoms with Crippen LogP contribution in [0.1, 0.15) is 20.3 Å². The Morgan fingerprint density at radius 3 is 2.62 bits per heavy atom. The minimum absolute atomic E-state index is 0.0340. The summed E-state index contributed by atoms with van der Waals surface area (Å²) in [5.74, 6) is -0.737. The van der Waals surface area contributed by atoms with Gasteiger partial charge in [-0.2, -0.15) is 0 Å². The van der Waals surface area contributed by atoms with E-state index < -0.39 is 5.97 Å². The van der Waals surface area contributed by atoms with E-state index in [-0.39, 0.29) is 12.3 Å². The Hall–Kier alpha value is -1.31. The van der Waals surface area contributed by atoms with Gasteiger partial charge in [0, 0.05) is 0 Å². The fraction of sp³-hybridized carbons (Fsp3) is 0.364. The number of rotatable bonds is 5. The maximum Gasteiger partial charge on any atom is 0.303 e. The van der Waals surface area contributed by atoms with Gasteiger partial charge in [0.15, 0.2) is 0 Å². The van der Waals surface area contributed by atoms with Crippen LogP contribution in [0.4, 0.5) is 0 Å². The number of carbonyl (C=O) groups is 1. The van der Waals surface area contributed by atoms with E-state index in [0.717, 1.165) is 5.57 Å². The maximum atomic E-state index is 10.4. The lowest BCUT2D eigenvalue weighted by Gasteiger charge is -2.08. The van der Waals surface area contributed by atoms with Crippen LogP contribution >= 0.6 is 0 Å². The molecule has 0 spiro atoms. The molecule has 0 aromatic heterocycles. The standard InChI is InChI=1S/C11H16O2/c1-4-6-10(7-5-2)9(3)8-11(12)13/h4-7,9H,1,8H2,2-3H3,(H,12,13)/b7-5-,10-6+/t9-/m0/s1. The average molecular weight is 180 g/mol. The van der Waals surface area contributed by atoms with E-state index in [2.05, 4.69) is 6.58 Å². The van der Waals surface area contributed by atoms with Gasteiger partial charge in [0.05, 0.1) is 6.42 Å². The van der Waals surface area contributed by atoms with Gasteiger partial charge in [-0.15, -0.1) is 0 Å². The van der Waals surface area contributed by atoms with E-state index in [1.807, 2.05) is 32.1 Å².